The summed E-state index contributed by atoms with van der Waals surface area (Å²) < 4.78 is 27.0. The minimum absolute atomic E-state index is 0.0148. The van der Waals surface area contributed by atoms with Gasteiger partial charge in [-0.3, -0.25) is 14.5 Å². The fourth-order valence-electron chi connectivity index (χ4n) is 5.33. The highest BCUT2D eigenvalue weighted by molar-refractivity contribution is 7.89. The van der Waals surface area contributed by atoms with Crippen LogP contribution in [0.3, 0.4) is 0 Å². The molecule has 0 fully saturated rings. The number of hydrogen-bond acceptors (Lipinski definition) is 5. The summed E-state index contributed by atoms with van der Waals surface area (Å²) in [5.74, 6) is -0.147. The Balaban J connectivity index is 1.89. The molecule has 1 aromatic carbocycles. The van der Waals surface area contributed by atoms with Crippen LogP contribution in [0.25, 0.3) is 10.9 Å². The highest BCUT2D eigenvalue weighted by Gasteiger charge is 2.30. The number of aromatic nitrogens is 1. The van der Waals surface area contributed by atoms with Gasteiger partial charge >= 0.3 is 0 Å². The SMILES string of the molecule is CCCC(CC)N1CCc2c(c3cc(C(=O)N(C)CCCC(=O)NC(C)C)ccc3n2S(C)(=O)=O)C1. The minimum Gasteiger partial charge on any atom is -0.354 e. The molecular formula is C27H42N4O4S. The Kier molecular flexibility index (Phi) is 9.22. The lowest BCUT2D eigenvalue weighted by Crippen LogP contribution is -2.39. The molecule has 3 rings (SSSR count). The second kappa shape index (κ2) is 11.8. The van der Waals surface area contributed by atoms with Gasteiger partial charge in [-0.2, -0.15) is 0 Å². The average Bonchev–Trinajstić information content (AvgIpc) is 3.14. The first kappa shape index (κ1) is 28.2. The van der Waals surface area contributed by atoms with Gasteiger partial charge in [0.1, 0.15) is 0 Å². The average molecular weight is 519 g/mol. The number of amides is 2. The maximum atomic E-state index is 13.2. The lowest BCUT2D eigenvalue weighted by atomic mass is 9.99. The molecule has 0 bridgehead atoms. The van der Waals surface area contributed by atoms with E-state index in [1.165, 1.54) is 10.2 Å². The second-order valence-electron chi connectivity index (χ2n) is 10.3. The summed E-state index contributed by atoms with van der Waals surface area (Å²) in [5, 5.41) is 3.70. The van der Waals surface area contributed by atoms with E-state index < -0.39 is 10.0 Å². The van der Waals surface area contributed by atoms with Gasteiger partial charge in [0.2, 0.25) is 15.9 Å². The Morgan fingerprint density at radius 3 is 2.53 bits per heavy atom. The largest absolute Gasteiger partial charge is 0.354 e. The molecule has 0 aliphatic carbocycles. The van der Waals surface area contributed by atoms with Crippen LogP contribution in [0.15, 0.2) is 18.2 Å². The molecule has 200 valence electrons. The number of benzene rings is 1. The van der Waals surface area contributed by atoms with Gasteiger partial charge in [0, 0.05) is 68.3 Å². The highest BCUT2D eigenvalue weighted by Crippen LogP contribution is 2.34. The van der Waals surface area contributed by atoms with Crippen molar-refractivity contribution in [3.8, 4) is 0 Å². The van der Waals surface area contributed by atoms with E-state index >= 15 is 0 Å². The Hall–Kier alpha value is -2.39. The molecule has 1 aliphatic rings. The molecule has 1 unspecified atom stereocenters. The van der Waals surface area contributed by atoms with Crippen molar-refractivity contribution in [2.45, 2.75) is 84.8 Å². The van der Waals surface area contributed by atoms with Crippen molar-refractivity contribution in [3.63, 3.8) is 0 Å². The van der Waals surface area contributed by atoms with E-state index in [1.807, 2.05) is 19.9 Å². The number of fused-ring (bicyclic) bond motifs is 3. The molecule has 1 atom stereocenters. The smallest absolute Gasteiger partial charge is 0.253 e. The van der Waals surface area contributed by atoms with Gasteiger partial charge < -0.3 is 10.2 Å². The molecule has 8 nitrogen and oxygen atoms in total. The summed E-state index contributed by atoms with van der Waals surface area (Å²) in [6, 6.07) is 5.89. The number of hydrogen-bond donors (Lipinski definition) is 1. The molecule has 1 aliphatic heterocycles. The van der Waals surface area contributed by atoms with Crippen molar-refractivity contribution < 1.29 is 18.0 Å². The van der Waals surface area contributed by atoms with Gasteiger partial charge in [0.05, 0.1) is 11.8 Å². The summed E-state index contributed by atoms with van der Waals surface area (Å²) in [7, 11) is -1.76. The molecule has 0 radical (unpaired) electrons. The fourth-order valence-corrected chi connectivity index (χ4v) is 6.45. The lowest BCUT2D eigenvalue weighted by Gasteiger charge is -2.34. The zero-order valence-corrected chi connectivity index (χ0v) is 23.5. The van der Waals surface area contributed by atoms with Gasteiger partial charge in [0.15, 0.2) is 0 Å². The monoisotopic (exact) mass is 518 g/mol. The third kappa shape index (κ3) is 6.29. The number of nitrogens with zero attached hydrogens (tertiary/aromatic N) is 3. The number of rotatable bonds is 11. The highest BCUT2D eigenvalue weighted by atomic mass is 32.2. The van der Waals surface area contributed by atoms with Crippen molar-refractivity contribution in [3.05, 3.63) is 35.0 Å². The number of carbonyl (C=O) groups excluding carboxylic acids is 2. The summed E-state index contributed by atoms with van der Waals surface area (Å²) in [6.07, 6.45) is 6.13. The Labute approximate surface area is 216 Å². The van der Waals surface area contributed by atoms with Crippen LogP contribution in [-0.4, -0.2) is 72.5 Å². The van der Waals surface area contributed by atoms with Gasteiger partial charge in [-0.15, -0.1) is 0 Å². The first-order chi connectivity index (χ1) is 17.0. The third-order valence-corrected chi connectivity index (χ3v) is 8.09. The van der Waals surface area contributed by atoms with Gasteiger partial charge in [0.25, 0.3) is 5.91 Å². The van der Waals surface area contributed by atoms with Crippen LogP contribution in [0.4, 0.5) is 0 Å². The molecule has 1 N–H and O–H groups in total. The third-order valence-electron chi connectivity index (χ3n) is 7.01. The van der Waals surface area contributed by atoms with E-state index in [1.54, 1.807) is 24.1 Å². The molecule has 9 heteroatoms. The quantitative estimate of drug-likeness (QED) is 0.489. The zero-order valence-electron chi connectivity index (χ0n) is 22.6. The van der Waals surface area contributed by atoms with Crippen molar-refractivity contribution in [1.29, 1.82) is 0 Å². The number of nitrogens with one attached hydrogen (secondary N) is 1. The normalized spacial score (nSPS) is 15.2. The molecule has 1 aromatic heterocycles. The van der Waals surface area contributed by atoms with Gasteiger partial charge in [-0.05, 0) is 56.9 Å². The topological polar surface area (TPSA) is 91.7 Å². The Bertz CT molecular complexity index is 1200. The van der Waals surface area contributed by atoms with Gasteiger partial charge in [-0.25, -0.2) is 12.4 Å². The van der Waals surface area contributed by atoms with E-state index in [9.17, 15) is 18.0 Å². The van der Waals surface area contributed by atoms with Crippen molar-refractivity contribution in [1.82, 2.24) is 19.1 Å². The van der Waals surface area contributed by atoms with Crippen molar-refractivity contribution >= 4 is 32.7 Å². The predicted octanol–water partition coefficient (Wildman–Crippen LogP) is 3.76. The van der Waals surface area contributed by atoms with Crippen LogP contribution < -0.4 is 5.32 Å². The van der Waals surface area contributed by atoms with E-state index in [0.717, 1.165) is 42.5 Å². The molecule has 0 saturated carbocycles. The standard InChI is InChI=1S/C27H42N4O4S/c1-7-10-21(8-2)30-16-14-25-23(18-30)22-17-20(12-13-24(22)31(25)36(6,34)35)27(33)29(5)15-9-11-26(32)28-19(3)4/h12-13,17,19,21H,7-11,14-16,18H2,1-6H3,(H,28,32). The second-order valence-corrected chi connectivity index (χ2v) is 12.1. The minimum atomic E-state index is -3.49. The van der Waals surface area contributed by atoms with E-state index in [0.29, 0.717) is 49.5 Å². The molecule has 2 amide bonds. The van der Waals surface area contributed by atoms with Crippen LogP contribution in [0.5, 0.6) is 0 Å². The Morgan fingerprint density at radius 1 is 1.19 bits per heavy atom. The van der Waals surface area contributed by atoms with Crippen LogP contribution >= 0.6 is 0 Å². The van der Waals surface area contributed by atoms with Crippen molar-refractivity contribution in [2.24, 2.45) is 0 Å². The molecule has 2 heterocycles. The van der Waals surface area contributed by atoms with E-state index in [2.05, 4.69) is 24.1 Å². The summed E-state index contributed by atoms with van der Waals surface area (Å²) in [4.78, 5) is 29.2. The zero-order chi connectivity index (χ0) is 26.6. The maximum absolute atomic E-state index is 13.2. The summed E-state index contributed by atoms with van der Waals surface area (Å²) in [5.41, 5.74) is 3.02. The first-order valence-electron chi connectivity index (χ1n) is 13.1. The van der Waals surface area contributed by atoms with E-state index in [-0.39, 0.29) is 17.9 Å². The van der Waals surface area contributed by atoms with Crippen LogP contribution in [-0.2, 0) is 27.8 Å². The van der Waals surface area contributed by atoms with E-state index in [4.69, 9.17) is 0 Å². The predicted molar refractivity (Wildman–Crippen MR) is 145 cm³/mol. The number of carbonyl (C=O) groups is 2. The van der Waals surface area contributed by atoms with Gasteiger partial charge in [-0.1, -0.05) is 20.3 Å². The Morgan fingerprint density at radius 2 is 1.92 bits per heavy atom. The summed E-state index contributed by atoms with van der Waals surface area (Å²) in [6.45, 7) is 10.2. The molecule has 2 aromatic rings. The van der Waals surface area contributed by atoms with Crippen LogP contribution in [0.1, 0.15) is 81.4 Å². The lowest BCUT2D eigenvalue weighted by molar-refractivity contribution is -0.121. The molecule has 0 spiro atoms. The molecule has 36 heavy (non-hydrogen) atoms. The van der Waals surface area contributed by atoms with Crippen LogP contribution in [0, 0.1) is 0 Å². The first-order valence-corrected chi connectivity index (χ1v) is 15.0. The fraction of sp³-hybridized carbons (Fsp3) is 0.630. The van der Waals surface area contributed by atoms with Crippen molar-refractivity contribution in [2.75, 3.05) is 26.4 Å². The molecule has 0 saturated heterocycles. The van der Waals surface area contributed by atoms with Crippen LogP contribution in [0.2, 0.25) is 0 Å². The maximum Gasteiger partial charge on any atom is 0.253 e. The summed E-state index contributed by atoms with van der Waals surface area (Å²) >= 11 is 0. The molecular weight excluding hydrogens is 476 g/mol.